The molecule has 0 aromatic rings. The van der Waals surface area contributed by atoms with E-state index < -0.39 is 49.5 Å². The lowest BCUT2D eigenvalue weighted by Crippen LogP contribution is -2.60. The molecule has 0 aromatic carbocycles. The summed E-state index contributed by atoms with van der Waals surface area (Å²) >= 11 is 0. The molecule has 11 heteroatoms. The number of aliphatic hydroxyl groups is 5. The Morgan fingerprint density at radius 3 is 1.01 bits per heavy atom. The molecule has 1 rings (SSSR count). The Morgan fingerprint density at radius 2 is 0.663 bits per heavy atom. The van der Waals surface area contributed by atoms with Crippen LogP contribution >= 0.6 is 0 Å². The molecule has 580 valence electrons. The van der Waals surface area contributed by atoms with Crippen molar-refractivity contribution in [1.29, 1.82) is 0 Å². The van der Waals surface area contributed by atoms with E-state index in [1.165, 1.54) is 379 Å². The van der Waals surface area contributed by atoms with Crippen molar-refractivity contribution in [2.75, 3.05) is 19.8 Å². The molecule has 11 nitrogen and oxygen atoms in total. The molecule has 0 spiro atoms. The monoisotopic (exact) mass is 1390 g/mol. The number of unbranched alkanes of at least 4 members (excludes halogenated alkanes) is 63. The van der Waals surface area contributed by atoms with Crippen LogP contribution in [0.25, 0.3) is 0 Å². The van der Waals surface area contributed by atoms with E-state index in [0.29, 0.717) is 19.4 Å². The van der Waals surface area contributed by atoms with E-state index in [-0.39, 0.29) is 18.5 Å². The number of nitrogens with one attached hydrogen (secondary N) is 1. The summed E-state index contributed by atoms with van der Waals surface area (Å²) in [7, 11) is 0. The number of hydrogen-bond acceptors (Lipinski definition) is 10. The number of aliphatic hydroxyl groups excluding tert-OH is 5. The topological polar surface area (TPSA) is 175 Å². The lowest BCUT2D eigenvalue weighted by molar-refractivity contribution is -0.302. The van der Waals surface area contributed by atoms with Crippen LogP contribution in [0, 0.1) is 0 Å². The van der Waals surface area contributed by atoms with Crippen molar-refractivity contribution in [3.8, 4) is 0 Å². The molecule has 0 aliphatic carbocycles. The van der Waals surface area contributed by atoms with Gasteiger partial charge in [-0.25, -0.2) is 0 Å². The summed E-state index contributed by atoms with van der Waals surface area (Å²) in [4.78, 5) is 25.2. The van der Waals surface area contributed by atoms with E-state index in [0.717, 1.165) is 51.4 Å². The van der Waals surface area contributed by atoms with E-state index in [1.807, 2.05) is 6.08 Å². The number of amides is 1. The molecule has 1 aliphatic heterocycles. The Labute approximate surface area is 607 Å². The smallest absolute Gasteiger partial charge is 0.305 e. The number of carbonyl (C=O) groups excluding carboxylic acids is 2. The summed E-state index contributed by atoms with van der Waals surface area (Å²) in [6, 6.07) is -0.823. The van der Waals surface area contributed by atoms with Gasteiger partial charge in [-0.3, -0.25) is 9.59 Å². The molecule has 0 aromatic heterocycles. The molecule has 98 heavy (non-hydrogen) atoms. The standard InChI is InChI=1S/C87H167NO10/c1-3-5-7-9-11-13-15-17-18-19-44-47-51-55-59-63-67-71-75-83(92)96-76-72-68-64-60-56-52-48-45-42-40-38-36-34-32-30-28-26-24-22-20-21-23-25-27-29-31-33-35-37-39-41-43-46-50-54-58-62-66-70-74-82(91)88-79(78-97-87-86(95)85(94)84(93)81(77-89)98-87)80(90)73-69-65-61-57-53-49-16-14-12-10-8-6-4-2/h53,57,69,73,79-81,84-87,89-90,93-95H,3-52,54-56,58-68,70-72,74-78H2,1-2H3,(H,88,91)/b57-53+,73-69+. The summed E-state index contributed by atoms with van der Waals surface area (Å²) in [5.41, 5.74) is 0. The minimum atomic E-state index is -1.57. The zero-order valence-corrected chi connectivity index (χ0v) is 65.0. The Kier molecular flexibility index (Phi) is 73.3. The molecule has 7 unspecified atom stereocenters. The van der Waals surface area contributed by atoms with Gasteiger partial charge in [-0.1, -0.05) is 423 Å². The first kappa shape index (κ1) is 94.2. The van der Waals surface area contributed by atoms with Crippen molar-refractivity contribution in [3.63, 3.8) is 0 Å². The van der Waals surface area contributed by atoms with Gasteiger partial charge in [0.1, 0.15) is 24.4 Å². The minimum absolute atomic E-state index is 0.0238. The maximum Gasteiger partial charge on any atom is 0.305 e. The van der Waals surface area contributed by atoms with E-state index in [1.54, 1.807) is 6.08 Å². The van der Waals surface area contributed by atoms with Gasteiger partial charge in [-0.15, -0.1) is 0 Å². The molecule has 1 heterocycles. The molecule has 6 N–H and O–H groups in total. The van der Waals surface area contributed by atoms with Crippen LogP contribution in [0.1, 0.15) is 457 Å². The highest BCUT2D eigenvalue weighted by atomic mass is 16.7. The van der Waals surface area contributed by atoms with Crippen LogP contribution in [0.5, 0.6) is 0 Å². The third-order valence-electron chi connectivity index (χ3n) is 21.1. The van der Waals surface area contributed by atoms with Gasteiger partial charge >= 0.3 is 5.97 Å². The molecule has 1 aliphatic rings. The zero-order valence-electron chi connectivity index (χ0n) is 65.0. The van der Waals surface area contributed by atoms with Gasteiger partial charge in [0.15, 0.2) is 6.29 Å². The van der Waals surface area contributed by atoms with Gasteiger partial charge < -0.3 is 45.1 Å². The first-order valence-electron chi connectivity index (χ1n) is 43.6. The van der Waals surface area contributed by atoms with Gasteiger partial charge in [0.25, 0.3) is 0 Å². The second kappa shape index (κ2) is 76.3. The fraction of sp³-hybridized carbons (Fsp3) is 0.931. The largest absolute Gasteiger partial charge is 0.466 e. The summed E-state index contributed by atoms with van der Waals surface area (Å²) < 4.78 is 16.8. The predicted octanol–water partition coefficient (Wildman–Crippen LogP) is 24.3. The fourth-order valence-corrected chi connectivity index (χ4v) is 14.3. The Morgan fingerprint density at radius 1 is 0.367 bits per heavy atom. The highest BCUT2D eigenvalue weighted by molar-refractivity contribution is 5.76. The second-order valence-corrected chi connectivity index (χ2v) is 30.6. The van der Waals surface area contributed by atoms with Gasteiger partial charge in [-0.05, 0) is 44.9 Å². The lowest BCUT2D eigenvalue weighted by Gasteiger charge is -2.40. The number of esters is 1. The van der Waals surface area contributed by atoms with E-state index in [2.05, 4.69) is 31.3 Å². The fourth-order valence-electron chi connectivity index (χ4n) is 14.3. The van der Waals surface area contributed by atoms with Gasteiger partial charge in [-0.2, -0.15) is 0 Å². The molecule has 0 radical (unpaired) electrons. The van der Waals surface area contributed by atoms with Crippen molar-refractivity contribution in [3.05, 3.63) is 24.3 Å². The number of carbonyl (C=O) groups is 2. The molecule has 1 fully saturated rings. The number of ether oxygens (including phenoxy) is 3. The quantitative estimate of drug-likeness (QED) is 0.0195. The van der Waals surface area contributed by atoms with Crippen LogP contribution in [0.15, 0.2) is 24.3 Å². The summed E-state index contributed by atoms with van der Waals surface area (Å²) in [5.74, 6) is -0.159. The normalized spacial score (nSPS) is 17.2. The molecule has 1 saturated heterocycles. The Balaban J connectivity index is 1.85. The first-order chi connectivity index (χ1) is 48.2. The van der Waals surface area contributed by atoms with Crippen molar-refractivity contribution in [1.82, 2.24) is 5.32 Å². The highest BCUT2D eigenvalue weighted by Crippen LogP contribution is 2.24. The van der Waals surface area contributed by atoms with Crippen molar-refractivity contribution in [2.45, 2.75) is 500 Å². The van der Waals surface area contributed by atoms with Crippen LogP contribution < -0.4 is 5.32 Å². The van der Waals surface area contributed by atoms with E-state index >= 15 is 0 Å². The third kappa shape index (κ3) is 63.8. The molecular weight excluding hydrogens is 1220 g/mol. The van der Waals surface area contributed by atoms with Crippen LogP contribution in [0.3, 0.4) is 0 Å². The van der Waals surface area contributed by atoms with Crippen LogP contribution in [-0.4, -0.2) is 100 Å². The molecule has 0 bridgehead atoms. The second-order valence-electron chi connectivity index (χ2n) is 30.6. The summed E-state index contributed by atoms with van der Waals surface area (Å²) in [5, 5.41) is 54.6. The molecule has 0 saturated carbocycles. The summed E-state index contributed by atoms with van der Waals surface area (Å²) in [6.07, 6.45) is 89.7. The predicted molar refractivity (Wildman–Crippen MR) is 417 cm³/mol. The molecular formula is C87H167NO10. The van der Waals surface area contributed by atoms with E-state index in [4.69, 9.17) is 14.2 Å². The van der Waals surface area contributed by atoms with Crippen LogP contribution in [0.2, 0.25) is 0 Å². The maximum atomic E-state index is 13.1. The minimum Gasteiger partial charge on any atom is -0.466 e. The Hall–Kier alpha value is -1.86. The van der Waals surface area contributed by atoms with E-state index in [9.17, 15) is 35.1 Å². The average molecular weight is 1390 g/mol. The number of allylic oxidation sites excluding steroid dienone is 3. The van der Waals surface area contributed by atoms with Crippen LogP contribution in [-0.2, 0) is 23.8 Å². The van der Waals surface area contributed by atoms with Crippen molar-refractivity contribution < 1.29 is 49.3 Å². The van der Waals surface area contributed by atoms with Crippen LogP contribution in [0.4, 0.5) is 0 Å². The van der Waals surface area contributed by atoms with Gasteiger partial charge in [0.2, 0.25) is 5.91 Å². The average Bonchev–Trinajstić information content (AvgIpc) is 0.831. The van der Waals surface area contributed by atoms with Gasteiger partial charge in [0, 0.05) is 12.8 Å². The van der Waals surface area contributed by atoms with Crippen molar-refractivity contribution >= 4 is 11.9 Å². The maximum absolute atomic E-state index is 13.1. The summed E-state index contributed by atoms with van der Waals surface area (Å²) in [6.45, 7) is 4.39. The van der Waals surface area contributed by atoms with Crippen molar-refractivity contribution in [2.24, 2.45) is 0 Å². The SMILES string of the molecule is CCCCCCCCC/C=C/CC/C=C/C(O)C(COC1OC(CO)C(O)C(O)C1O)NC(=O)CCCCCCCCCCCCCCCCCCCCCCCCCCCCCCCCCCCCCCCCCOC(=O)CCCCCCCCCCCCCCCCCCCC. The molecule has 1 amide bonds. The lowest BCUT2D eigenvalue weighted by atomic mass is 9.99. The van der Waals surface area contributed by atoms with Gasteiger partial charge in [0.05, 0.1) is 32.0 Å². The number of rotatable bonds is 79. The zero-order chi connectivity index (χ0) is 70.8. The molecule has 7 atom stereocenters. The third-order valence-corrected chi connectivity index (χ3v) is 21.1. The number of hydrogen-bond donors (Lipinski definition) is 6. The highest BCUT2D eigenvalue weighted by Gasteiger charge is 2.44. The first-order valence-corrected chi connectivity index (χ1v) is 43.6. The Bertz CT molecular complexity index is 1680.